The quantitative estimate of drug-likeness (QED) is 0.708. The van der Waals surface area contributed by atoms with Gasteiger partial charge in [0.2, 0.25) is 5.91 Å². The molecule has 1 rings (SSSR count). The summed E-state index contributed by atoms with van der Waals surface area (Å²) in [6.45, 7) is 0. The zero-order valence-corrected chi connectivity index (χ0v) is 9.31. The molecule has 1 amide bonds. The van der Waals surface area contributed by atoms with Crippen LogP contribution in [0.5, 0.6) is 5.75 Å². The molecule has 1 aromatic carbocycles. The number of primary amides is 1. The summed E-state index contributed by atoms with van der Waals surface area (Å²) in [6.07, 6.45) is -3.13. The van der Waals surface area contributed by atoms with Crippen molar-refractivity contribution in [2.45, 2.75) is 12.2 Å². The molecule has 0 fully saturated rings. The van der Waals surface area contributed by atoms with E-state index in [0.29, 0.717) is 5.02 Å². The van der Waals surface area contributed by atoms with Crippen molar-refractivity contribution in [3.63, 3.8) is 0 Å². The van der Waals surface area contributed by atoms with E-state index in [1.165, 1.54) is 25.3 Å². The first-order valence-corrected chi connectivity index (χ1v) is 4.84. The van der Waals surface area contributed by atoms with Gasteiger partial charge in [0.15, 0.2) is 6.10 Å². The highest BCUT2D eigenvalue weighted by atomic mass is 35.5. The van der Waals surface area contributed by atoms with Gasteiger partial charge in [0.05, 0.1) is 7.11 Å². The van der Waals surface area contributed by atoms with Crippen LogP contribution in [-0.4, -0.2) is 29.3 Å². The summed E-state index contributed by atoms with van der Waals surface area (Å²) >= 11 is 5.73. The van der Waals surface area contributed by atoms with Gasteiger partial charge in [0.1, 0.15) is 11.9 Å². The number of methoxy groups -OCH3 is 1. The van der Waals surface area contributed by atoms with E-state index in [0.717, 1.165) is 0 Å². The van der Waals surface area contributed by atoms with Crippen LogP contribution in [0, 0.1) is 0 Å². The fraction of sp³-hybridized carbons (Fsp3) is 0.300. The van der Waals surface area contributed by atoms with E-state index in [9.17, 15) is 15.0 Å². The summed E-state index contributed by atoms with van der Waals surface area (Å²) < 4.78 is 4.97. The van der Waals surface area contributed by atoms with Crippen LogP contribution in [-0.2, 0) is 4.79 Å². The molecule has 4 N–H and O–H groups in total. The molecule has 88 valence electrons. The number of rotatable bonds is 4. The van der Waals surface area contributed by atoms with Gasteiger partial charge < -0.3 is 20.7 Å². The molecule has 0 spiro atoms. The van der Waals surface area contributed by atoms with Crippen molar-refractivity contribution in [3.8, 4) is 5.75 Å². The summed E-state index contributed by atoms with van der Waals surface area (Å²) in [5.74, 6) is -0.732. The molecule has 1 aromatic rings. The van der Waals surface area contributed by atoms with Crippen LogP contribution in [0.15, 0.2) is 18.2 Å². The Balaban J connectivity index is 3.07. The average molecular weight is 246 g/mol. The SMILES string of the molecule is COc1cc(Cl)ccc1C(O)C(O)C(N)=O. The smallest absolute Gasteiger partial charge is 0.249 e. The topological polar surface area (TPSA) is 92.8 Å². The number of aliphatic hydroxyl groups excluding tert-OH is 2. The van der Waals surface area contributed by atoms with E-state index in [1.807, 2.05) is 0 Å². The molecule has 0 aliphatic heterocycles. The predicted octanol–water partition coefficient (Wildman–Crippen LogP) is 0.228. The molecule has 6 heteroatoms. The Labute approximate surface area is 97.4 Å². The number of benzene rings is 1. The number of halogens is 1. The van der Waals surface area contributed by atoms with Crippen molar-refractivity contribution < 1.29 is 19.7 Å². The second-order valence-corrected chi connectivity index (χ2v) is 3.61. The zero-order valence-electron chi connectivity index (χ0n) is 8.55. The Hall–Kier alpha value is -1.30. The van der Waals surface area contributed by atoms with Gasteiger partial charge in [-0.3, -0.25) is 4.79 Å². The first-order valence-electron chi connectivity index (χ1n) is 4.46. The fourth-order valence-electron chi connectivity index (χ4n) is 1.25. The van der Waals surface area contributed by atoms with Crippen molar-refractivity contribution >= 4 is 17.5 Å². The molecule has 2 atom stereocenters. The summed E-state index contributed by atoms with van der Waals surface area (Å²) in [5.41, 5.74) is 5.13. The molecule has 0 aromatic heterocycles. The molecule has 0 radical (unpaired) electrons. The van der Waals surface area contributed by atoms with Gasteiger partial charge in [-0.15, -0.1) is 0 Å². The van der Waals surface area contributed by atoms with Crippen molar-refractivity contribution in [2.75, 3.05) is 7.11 Å². The van der Waals surface area contributed by atoms with Crippen LogP contribution in [0.3, 0.4) is 0 Å². The average Bonchev–Trinajstić information content (AvgIpc) is 2.26. The standard InChI is InChI=1S/C10H12ClNO4/c1-16-7-4-5(11)2-3-6(7)8(13)9(14)10(12)15/h2-4,8-9,13-14H,1H3,(H2,12,15). The van der Waals surface area contributed by atoms with Crippen LogP contribution >= 0.6 is 11.6 Å². The Morgan fingerprint density at radius 3 is 2.62 bits per heavy atom. The maximum Gasteiger partial charge on any atom is 0.249 e. The third-order valence-electron chi connectivity index (χ3n) is 2.10. The third-order valence-corrected chi connectivity index (χ3v) is 2.34. The largest absolute Gasteiger partial charge is 0.496 e. The number of hydrogen-bond donors (Lipinski definition) is 3. The van der Waals surface area contributed by atoms with Crippen molar-refractivity contribution in [1.82, 2.24) is 0 Å². The number of hydrogen-bond acceptors (Lipinski definition) is 4. The molecule has 0 aliphatic carbocycles. The van der Waals surface area contributed by atoms with E-state index in [1.54, 1.807) is 0 Å². The van der Waals surface area contributed by atoms with Gasteiger partial charge in [-0.25, -0.2) is 0 Å². The maximum absolute atomic E-state index is 10.7. The van der Waals surface area contributed by atoms with Crippen LogP contribution in [0.2, 0.25) is 5.02 Å². The second kappa shape index (κ2) is 5.16. The van der Waals surface area contributed by atoms with Gasteiger partial charge in [-0.1, -0.05) is 17.7 Å². The molecular weight excluding hydrogens is 234 g/mol. The summed E-state index contributed by atoms with van der Waals surface area (Å²) in [7, 11) is 1.39. The highest BCUT2D eigenvalue weighted by molar-refractivity contribution is 6.30. The minimum Gasteiger partial charge on any atom is -0.496 e. The third kappa shape index (κ3) is 2.63. The molecular formula is C10H12ClNO4. The van der Waals surface area contributed by atoms with Crippen LogP contribution < -0.4 is 10.5 Å². The molecule has 0 aliphatic rings. The lowest BCUT2D eigenvalue weighted by molar-refractivity contribution is -0.132. The molecule has 0 bridgehead atoms. The predicted molar refractivity (Wildman–Crippen MR) is 58.2 cm³/mol. The van der Waals surface area contributed by atoms with E-state index >= 15 is 0 Å². The lowest BCUT2D eigenvalue weighted by Gasteiger charge is -2.17. The van der Waals surface area contributed by atoms with Crippen molar-refractivity contribution in [2.24, 2.45) is 5.73 Å². The summed E-state index contributed by atoms with van der Waals surface area (Å²) in [5, 5.41) is 19.4. The molecule has 0 saturated carbocycles. The lowest BCUT2D eigenvalue weighted by atomic mass is 10.0. The zero-order chi connectivity index (χ0) is 12.3. The number of ether oxygens (including phenoxy) is 1. The highest BCUT2D eigenvalue weighted by Crippen LogP contribution is 2.29. The minimum atomic E-state index is -1.69. The number of nitrogens with two attached hydrogens (primary N) is 1. The Bertz CT molecular complexity index is 396. The van der Waals surface area contributed by atoms with Gasteiger partial charge in [0, 0.05) is 10.6 Å². The number of aliphatic hydroxyl groups is 2. The van der Waals surface area contributed by atoms with Gasteiger partial charge in [0.25, 0.3) is 0 Å². The molecule has 16 heavy (non-hydrogen) atoms. The number of carbonyl (C=O) groups is 1. The summed E-state index contributed by atoms with van der Waals surface area (Å²) in [6, 6.07) is 4.43. The van der Waals surface area contributed by atoms with E-state index in [4.69, 9.17) is 22.1 Å². The Morgan fingerprint density at radius 2 is 2.12 bits per heavy atom. The van der Waals surface area contributed by atoms with Crippen molar-refractivity contribution in [3.05, 3.63) is 28.8 Å². The Morgan fingerprint density at radius 1 is 1.50 bits per heavy atom. The van der Waals surface area contributed by atoms with Gasteiger partial charge in [-0.05, 0) is 12.1 Å². The van der Waals surface area contributed by atoms with E-state index in [2.05, 4.69) is 0 Å². The lowest BCUT2D eigenvalue weighted by Crippen LogP contribution is -2.34. The van der Waals surface area contributed by atoms with E-state index < -0.39 is 18.1 Å². The first kappa shape index (κ1) is 12.8. The summed E-state index contributed by atoms with van der Waals surface area (Å²) in [4.78, 5) is 10.7. The van der Waals surface area contributed by atoms with E-state index in [-0.39, 0.29) is 11.3 Å². The maximum atomic E-state index is 10.7. The second-order valence-electron chi connectivity index (χ2n) is 3.18. The van der Waals surface area contributed by atoms with Crippen molar-refractivity contribution in [1.29, 1.82) is 0 Å². The monoisotopic (exact) mass is 245 g/mol. The molecule has 0 heterocycles. The van der Waals surface area contributed by atoms with Crippen LogP contribution in [0.1, 0.15) is 11.7 Å². The first-order chi connectivity index (χ1) is 7.47. The molecule has 0 saturated heterocycles. The Kier molecular flexibility index (Phi) is 4.12. The normalized spacial score (nSPS) is 14.2. The molecule has 5 nitrogen and oxygen atoms in total. The number of carbonyl (C=O) groups excluding carboxylic acids is 1. The number of amides is 1. The minimum absolute atomic E-state index is 0.248. The van der Waals surface area contributed by atoms with Gasteiger partial charge in [-0.2, -0.15) is 0 Å². The van der Waals surface area contributed by atoms with Crippen LogP contribution in [0.4, 0.5) is 0 Å². The van der Waals surface area contributed by atoms with Crippen LogP contribution in [0.25, 0.3) is 0 Å². The highest BCUT2D eigenvalue weighted by Gasteiger charge is 2.26. The fourth-order valence-corrected chi connectivity index (χ4v) is 1.42. The van der Waals surface area contributed by atoms with Gasteiger partial charge >= 0.3 is 0 Å². The molecule has 2 unspecified atom stereocenters.